The predicted octanol–water partition coefficient (Wildman–Crippen LogP) is 3.53. The zero-order valence-electron chi connectivity index (χ0n) is 16.5. The van der Waals surface area contributed by atoms with Crippen molar-refractivity contribution in [3.63, 3.8) is 0 Å². The summed E-state index contributed by atoms with van der Waals surface area (Å²) >= 11 is 0. The molecular weight excluding hydrogens is 456 g/mol. The summed E-state index contributed by atoms with van der Waals surface area (Å²) in [6, 6.07) is 19.9. The number of nitrogens with two attached hydrogens (primary N) is 1. The summed E-state index contributed by atoms with van der Waals surface area (Å²) in [5, 5.41) is 2.44. The van der Waals surface area contributed by atoms with E-state index < -0.39 is 26.3 Å². The zero-order chi connectivity index (χ0) is 23.8. The first-order valence-corrected chi connectivity index (χ1v) is 11.8. The minimum atomic E-state index is -4.40. The van der Waals surface area contributed by atoms with Crippen LogP contribution < -0.4 is 11.1 Å². The van der Waals surface area contributed by atoms with Gasteiger partial charge in [-0.2, -0.15) is 16.8 Å². The molecule has 0 spiro atoms. The Labute approximate surface area is 185 Å². The molecule has 0 aromatic heterocycles. The summed E-state index contributed by atoms with van der Waals surface area (Å²) in [7, 11) is -8.79. The normalized spacial score (nSPS) is 11.4. The lowest BCUT2D eigenvalue weighted by Gasteiger charge is -2.04. The zero-order valence-corrected chi connectivity index (χ0v) is 18.1. The van der Waals surface area contributed by atoms with Gasteiger partial charge in [-0.3, -0.25) is 9.11 Å². The van der Waals surface area contributed by atoms with Crippen molar-refractivity contribution in [3.05, 3.63) is 90.0 Å². The lowest BCUT2D eigenvalue weighted by Crippen LogP contribution is -2.18. The molecule has 168 valence electrons. The minimum Gasteiger partial charge on any atom is -0.351 e. The first-order valence-electron chi connectivity index (χ1n) is 8.91. The molecule has 3 aromatic rings. The smallest absolute Gasteiger partial charge is 0.316 e. The van der Waals surface area contributed by atoms with Crippen LogP contribution in [0, 0.1) is 0 Å². The molecule has 0 saturated carbocycles. The van der Waals surface area contributed by atoms with Gasteiger partial charge in [-0.1, -0.05) is 66.7 Å². The van der Waals surface area contributed by atoms with E-state index >= 15 is 0 Å². The number of para-hydroxylation sites is 1. The number of rotatable bonds is 5. The van der Waals surface area contributed by atoms with Crippen molar-refractivity contribution in [1.29, 1.82) is 0 Å². The molecule has 0 aliphatic carbocycles. The van der Waals surface area contributed by atoms with E-state index in [1.54, 1.807) is 24.3 Å². The topological polar surface area (TPSA) is 164 Å². The van der Waals surface area contributed by atoms with Crippen LogP contribution in [0.15, 0.2) is 88.7 Å². The first-order chi connectivity index (χ1) is 15.0. The highest BCUT2D eigenvalue weighted by molar-refractivity contribution is 7.86. The molecule has 0 unspecified atom stereocenters. The fourth-order valence-electron chi connectivity index (χ4n) is 2.55. The molecule has 3 aromatic carbocycles. The maximum absolute atomic E-state index is 11.3. The van der Waals surface area contributed by atoms with Crippen molar-refractivity contribution in [2.24, 2.45) is 5.73 Å². The van der Waals surface area contributed by atoms with E-state index in [4.69, 9.17) is 14.8 Å². The molecule has 0 saturated heterocycles. The SMILES string of the molecule is NC(=O)Nc1ccccc1.O=S(=O)(O)c1ccccc1C=Cc1ccccc1S(=O)(=O)O. The van der Waals surface area contributed by atoms with E-state index in [0.717, 1.165) is 5.69 Å². The number of anilines is 1. The molecule has 5 N–H and O–H groups in total. The van der Waals surface area contributed by atoms with Crippen molar-refractivity contribution < 1.29 is 30.7 Å². The Bertz CT molecular complexity index is 1240. The average Bonchev–Trinajstić information content (AvgIpc) is 2.72. The Balaban J connectivity index is 0.000000303. The van der Waals surface area contributed by atoms with E-state index in [2.05, 4.69) is 5.32 Å². The molecule has 32 heavy (non-hydrogen) atoms. The summed E-state index contributed by atoms with van der Waals surface area (Å²) in [5.41, 5.74) is 5.97. The van der Waals surface area contributed by atoms with Gasteiger partial charge < -0.3 is 11.1 Å². The Morgan fingerprint density at radius 1 is 0.688 bits per heavy atom. The van der Waals surface area contributed by atoms with Crippen molar-refractivity contribution in [1.82, 2.24) is 0 Å². The van der Waals surface area contributed by atoms with Crippen LogP contribution in [0.1, 0.15) is 11.1 Å². The maximum Gasteiger partial charge on any atom is 0.316 e. The fourth-order valence-corrected chi connectivity index (χ4v) is 3.92. The second kappa shape index (κ2) is 10.7. The fraction of sp³-hybridized carbons (Fsp3) is 0. The Morgan fingerprint density at radius 2 is 1.06 bits per heavy atom. The minimum absolute atomic E-state index is 0.190. The number of nitrogens with one attached hydrogen (secondary N) is 1. The van der Waals surface area contributed by atoms with E-state index in [0.29, 0.717) is 0 Å². The van der Waals surface area contributed by atoms with Crippen molar-refractivity contribution in [3.8, 4) is 0 Å². The highest BCUT2D eigenvalue weighted by atomic mass is 32.2. The maximum atomic E-state index is 11.3. The van der Waals surface area contributed by atoms with Crippen LogP contribution in [0.3, 0.4) is 0 Å². The van der Waals surface area contributed by atoms with E-state index in [1.807, 2.05) is 18.2 Å². The van der Waals surface area contributed by atoms with Gasteiger partial charge in [-0.15, -0.1) is 0 Å². The Morgan fingerprint density at radius 3 is 1.44 bits per heavy atom. The summed E-state index contributed by atoms with van der Waals surface area (Å²) in [4.78, 5) is 9.69. The third-order valence-corrected chi connectivity index (χ3v) is 5.73. The average molecular weight is 477 g/mol. The summed E-state index contributed by atoms with van der Waals surface area (Å²) in [5.74, 6) is 0. The van der Waals surface area contributed by atoms with Crippen LogP contribution >= 0.6 is 0 Å². The van der Waals surface area contributed by atoms with Gasteiger partial charge in [-0.05, 0) is 35.4 Å². The largest absolute Gasteiger partial charge is 0.351 e. The molecule has 3 rings (SSSR count). The molecular formula is C21H20N2O7S2. The van der Waals surface area contributed by atoms with Gasteiger partial charge in [0.2, 0.25) is 0 Å². The molecule has 2 amide bonds. The number of carbonyl (C=O) groups is 1. The summed E-state index contributed by atoms with van der Waals surface area (Å²) < 4.78 is 63.4. The Hall–Kier alpha value is -3.51. The van der Waals surface area contributed by atoms with Crippen molar-refractivity contribution in [2.75, 3.05) is 5.32 Å². The molecule has 0 atom stereocenters. The van der Waals surface area contributed by atoms with Gasteiger partial charge in [0, 0.05) is 5.69 Å². The van der Waals surface area contributed by atoms with Gasteiger partial charge in [0.25, 0.3) is 20.2 Å². The van der Waals surface area contributed by atoms with Gasteiger partial charge >= 0.3 is 6.03 Å². The number of urea groups is 1. The van der Waals surface area contributed by atoms with E-state index in [9.17, 15) is 21.6 Å². The van der Waals surface area contributed by atoms with Gasteiger partial charge in [0.05, 0.1) is 0 Å². The van der Waals surface area contributed by atoms with Crippen LogP contribution in [0.25, 0.3) is 12.2 Å². The second-order valence-corrected chi connectivity index (χ2v) is 8.99. The van der Waals surface area contributed by atoms with Crippen LogP contribution in [-0.2, 0) is 20.2 Å². The van der Waals surface area contributed by atoms with E-state index in [-0.39, 0.29) is 20.9 Å². The molecule has 11 heteroatoms. The van der Waals surface area contributed by atoms with Gasteiger partial charge in [0.1, 0.15) is 9.79 Å². The van der Waals surface area contributed by atoms with Crippen molar-refractivity contribution in [2.45, 2.75) is 9.79 Å². The Kier molecular flexibility index (Phi) is 8.27. The summed E-state index contributed by atoms with van der Waals surface area (Å²) in [6.45, 7) is 0. The number of hydrogen-bond acceptors (Lipinski definition) is 5. The quantitative estimate of drug-likeness (QED) is 0.323. The van der Waals surface area contributed by atoms with Crippen LogP contribution in [0.5, 0.6) is 0 Å². The number of primary amides is 1. The monoisotopic (exact) mass is 476 g/mol. The van der Waals surface area contributed by atoms with Crippen LogP contribution in [0.2, 0.25) is 0 Å². The number of carbonyl (C=O) groups excluding carboxylic acids is 1. The molecule has 0 heterocycles. The van der Waals surface area contributed by atoms with E-state index in [1.165, 1.54) is 48.6 Å². The van der Waals surface area contributed by atoms with Gasteiger partial charge in [-0.25, -0.2) is 4.79 Å². The lowest BCUT2D eigenvalue weighted by atomic mass is 10.1. The third kappa shape index (κ3) is 7.63. The number of hydrogen-bond donors (Lipinski definition) is 4. The predicted molar refractivity (Wildman–Crippen MR) is 121 cm³/mol. The first kappa shape index (κ1) is 24.8. The number of benzene rings is 3. The standard InChI is InChI=1S/C14H12O6S2.C7H8N2O/c15-21(16,17)13-7-3-1-5-11(13)9-10-12-6-2-4-8-14(12)22(18,19)20;8-7(10)9-6-4-2-1-3-5-6/h1-10H,(H,15,16,17)(H,18,19,20);1-5H,(H3,8,9,10). The molecule has 0 aliphatic rings. The lowest BCUT2D eigenvalue weighted by molar-refractivity contribution is 0.259. The number of amides is 2. The van der Waals surface area contributed by atoms with Gasteiger partial charge in [0.15, 0.2) is 0 Å². The van der Waals surface area contributed by atoms with Crippen molar-refractivity contribution >= 4 is 44.1 Å². The second-order valence-electron chi connectivity index (χ2n) is 6.21. The molecule has 0 bridgehead atoms. The van der Waals surface area contributed by atoms with Crippen LogP contribution in [0.4, 0.5) is 10.5 Å². The molecule has 9 nitrogen and oxygen atoms in total. The molecule has 0 fully saturated rings. The summed E-state index contributed by atoms with van der Waals surface area (Å²) in [6.07, 6.45) is 2.68. The van der Waals surface area contributed by atoms with Crippen LogP contribution in [-0.4, -0.2) is 32.0 Å². The highest BCUT2D eigenvalue weighted by Crippen LogP contribution is 2.21. The molecule has 0 aliphatic heterocycles. The highest BCUT2D eigenvalue weighted by Gasteiger charge is 2.14. The third-order valence-electron chi connectivity index (χ3n) is 3.88. The molecule has 0 radical (unpaired) electrons.